The van der Waals surface area contributed by atoms with Crippen LogP contribution < -0.4 is 11.1 Å². The Bertz CT molecular complexity index is 700. The van der Waals surface area contributed by atoms with Crippen LogP contribution in [0, 0.1) is 0 Å². The maximum atomic E-state index is 12.0. The van der Waals surface area contributed by atoms with Gasteiger partial charge in [-0.2, -0.15) is 0 Å². The number of hydrogen-bond acceptors (Lipinski definition) is 5. The van der Waals surface area contributed by atoms with Crippen molar-refractivity contribution in [1.82, 2.24) is 4.98 Å². The number of nitrogens with one attached hydrogen (secondary N) is 1. The molecule has 110 valence electrons. The molecule has 0 aliphatic carbocycles. The average molecular weight is 326 g/mol. The van der Waals surface area contributed by atoms with Crippen LogP contribution >= 0.6 is 22.9 Å². The lowest BCUT2D eigenvalue weighted by Gasteiger charge is -2.05. The number of carbonyl (C=O) groups excluding carboxylic acids is 1. The van der Waals surface area contributed by atoms with E-state index in [1.165, 1.54) is 29.5 Å². The first kappa shape index (κ1) is 15.4. The van der Waals surface area contributed by atoms with E-state index in [1.54, 1.807) is 12.3 Å². The molecule has 0 aliphatic rings. The fourth-order valence-electron chi connectivity index (χ4n) is 1.56. The van der Waals surface area contributed by atoms with Gasteiger partial charge in [0, 0.05) is 11.1 Å². The van der Waals surface area contributed by atoms with Crippen LogP contribution in [-0.2, 0) is 0 Å². The number of hydrogen-bond donors (Lipinski definition) is 3. The van der Waals surface area contributed by atoms with Crippen LogP contribution in [0.4, 0.5) is 5.69 Å². The molecule has 0 saturated heterocycles. The van der Waals surface area contributed by atoms with Crippen molar-refractivity contribution in [3.63, 3.8) is 0 Å². The number of nitrogens with zero attached hydrogens (tertiary/aromatic N) is 1. The van der Waals surface area contributed by atoms with Gasteiger partial charge >= 0.3 is 5.97 Å². The molecule has 21 heavy (non-hydrogen) atoms. The molecule has 1 amide bonds. The zero-order chi connectivity index (χ0) is 15.6. The van der Waals surface area contributed by atoms with Gasteiger partial charge in [-0.1, -0.05) is 11.6 Å². The maximum absolute atomic E-state index is 12.0. The van der Waals surface area contributed by atoms with E-state index >= 15 is 0 Å². The van der Waals surface area contributed by atoms with Gasteiger partial charge in [0.15, 0.2) is 0 Å². The number of anilines is 1. The number of benzene rings is 1. The number of rotatable bonds is 4. The van der Waals surface area contributed by atoms with Crippen LogP contribution in [0.1, 0.15) is 38.8 Å². The SMILES string of the molecule is CC(N)c1nc(C(=O)Nc2ccc(C(=O)O)c(Cl)c2)cs1. The predicted molar refractivity (Wildman–Crippen MR) is 81.1 cm³/mol. The van der Waals surface area contributed by atoms with Crippen LogP contribution in [0.2, 0.25) is 5.02 Å². The first-order chi connectivity index (χ1) is 9.88. The summed E-state index contributed by atoms with van der Waals surface area (Å²) in [6.07, 6.45) is 0. The van der Waals surface area contributed by atoms with E-state index in [-0.39, 0.29) is 22.3 Å². The van der Waals surface area contributed by atoms with E-state index in [4.69, 9.17) is 22.4 Å². The van der Waals surface area contributed by atoms with Gasteiger partial charge in [-0.05, 0) is 25.1 Å². The van der Waals surface area contributed by atoms with Crippen molar-refractivity contribution in [3.05, 3.63) is 44.9 Å². The van der Waals surface area contributed by atoms with Gasteiger partial charge in [0.2, 0.25) is 0 Å². The molecule has 2 aromatic rings. The van der Waals surface area contributed by atoms with Crippen molar-refractivity contribution in [3.8, 4) is 0 Å². The van der Waals surface area contributed by atoms with E-state index in [0.717, 1.165) is 0 Å². The number of aromatic nitrogens is 1. The predicted octanol–water partition coefficient (Wildman–Crippen LogP) is 2.77. The minimum atomic E-state index is -1.13. The van der Waals surface area contributed by atoms with E-state index in [9.17, 15) is 9.59 Å². The third kappa shape index (κ3) is 3.57. The van der Waals surface area contributed by atoms with Crippen molar-refractivity contribution >= 4 is 40.5 Å². The van der Waals surface area contributed by atoms with Crippen LogP contribution in [0.25, 0.3) is 0 Å². The number of amides is 1. The fraction of sp³-hybridized carbons (Fsp3) is 0.154. The minimum Gasteiger partial charge on any atom is -0.478 e. The molecule has 1 aromatic carbocycles. The highest BCUT2D eigenvalue weighted by molar-refractivity contribution is 7.09. The van der Waals surface area contributed by atoms with Crippen LogP contribution in [0.5, 0.6) is 0 Å². The van der Waals surface area contributed by atoms with Gasteiger partial charge in [0.25, 0.3) is 5.91 Å². The van der Waals surface area contributed by atoms with E-state index in [0.29, 0.717) is 10.7 Å². The summed E-state index contributed by atoms with van der Waals surface area (Å²) in [7, 11) is 0. The van der Waals surface area contributed by atoms with Crippen molar-refractivity contribution in [2.45, 2.75) is 13.0 Å². The van der Waals surface area contributed by atoms with Crippen LogP contribution in [0.3, 0.4) is 0 Å². The number of carbonyl (C=O) groups is 2. The van der Waals surface area contributed by atoms with Crippen LogP contribution in [0.15, 0.2) is 23.6 Å². The van der Waals surface area contributed by atoms with Gasteiger partial charge in [-0.25, -0.2) is 9.78 Å². The molecular weight excluding hydrogens is 314 g/mol. The number of halogens is 1. The number of carboxylic acid groups (broad SMARTS) is 1. The Morgan fingerprint density at radius 3 is 2.71 bits per heavy atom. The molecule has 1 aromatic heterocycles. The summed E-state index contributed by atoms with van der Waals surface area (Å²) >= 11 is 7.14. The molecule has 1 atom stereocenters. The summed E-state index contributed by atoms with van der Waals surface area (Å²) in [5.74, 6) is -1.53. The number of thiazole rings is 1. The molecule has 2 rings (SSSR count). The molecule has 0 radical (unpaired) electrons. The average Bonchev–Trinajstić information content (AvgIpc) is 2.88. The van der Waals surface area contributed by atoms with Gasteiger partial charge in [-0.15, -0.1) is 11.3 Å². The third-order valence-corrected chi connectivity index (χ3v) is 3.96. The third-order valence-electron chi connectivity index (χ3n) is 2.60. The first-order valence-electron chi connectivity index (χ1n) is 5.93. The standard InChI is InChI=1S/C13H12ClN3O3S/c1-6(15)12-17-10(5-21-12)11(18)16-7-2-3-8(13(19)20)9(14)4-7/h2-6H,15H2,1H3,(H,16,18)(H,19,20). The first-order valence-corrected chi connectivity index (χ1v) is 7.19. The summed E-state index contributed by atoms with van der Waals surface area (Å²) in [6, 6.07) is 3.93. The summed E-state index contributed by atoms with van der Waals surface area (Å²) in [4.78, 5) is 27.0. The quantitative estimate of drug-likeness (QED) is 0.801. The maximum Gasteiger partial charge on any atom is 0.337 e. The smallest absolute Gasteiger partial charge is 0.337 e. The van der Waals surface area contributed by atoms with Gasteiger partial charge in [0.05, 0.1) is 16.6 Å². The summed E-state index contributed by atoms with van der Waals surface area (Å²) in [5.41, 5.74) is 6.31. The minimum absolute atomic E-state index is 0.0254. The molecule has 0 saturated carbocycles. The second-order valence-corrected chi connectivity index (χ2v) is 5.61. The summed E-state index contributed by atoms with van der Waals surface area (Å²) < 4.78 is 0. The Morgan fingerprint density at radius 2 is 2.19 bits per heavy atom. The Morgan fingerprint density at radius 1 is 1.48 bits per heavy atom. The molecule has 6 nitrogen and oxygen atoms in total. The summed E-state index contributed by atoms with van der Waals surface area (Å²) in [6.45, 7) is 1.78. The van der Waals surface area contributed by atoms with Crippen molar-refractivity contribution in [1.29, 1.82) is 0 Å². The van der Waals surface area contributed by atoms with Crippen LogP contribution in [-0.4, -0.2) is 22.0 Å². The van der Waals surface area contributed by atoms with E-state index < -0.39 is 11.9 Å². The largest absolute Gasteiger partial charge is 0.478 e. The molecule has 8 heteroatoms. The van der Waals surface area contributed by atoms with E-state index in [2.05, 4.69) is 10.3 Å². The Kier molecular flexibility index (Phi) is 4.56. The Labute approximate surface area is 129 Å². The molecule has 0 spiro atoms. The Balaban J connectivity index is 2.15. The van der Waals surface area contributed by atoms with Crippen molar-refractivity contribution in [2.24, 2.45) is 5.73 Å². The summed E-state index contributed by atoms with van der Waals surface area (Å²) in [5, 5.41) is 13.8. The normalized spacial score (nSPS) is 12.0. The van der Waals surface area contributed by atoms with Gasteiger partial charge in [-0.3, -0.25) is 4.79 Å². The highest BCUT2D eigenvalue weighted by Gasteiger charge is 2.14. The molecule has 4 N–H and O–H groups in total. The monoisotopic (exact) mass is 325 g/mol. The fourth-order valence-corrected chi connectivity index (χ4v) is 2.58. The van der Waals surface area contributed by atoms with Gasteiger partial charge in [0.1, 0.15) is 10.7 Å². The van der Waals surface area contributed by atoms with E-state index in [1.807, 2.05) is 0 Å². The highest BCUT2D eigenvalue weighted by atomic mass is 35.5. The zero-order valence-corrected chi connectivity index (χ0v) is 12.5. The Hall–Kier alpha value is -1.96. The zero-order valence-electron chi connectivity index (χ0n) is 11.0. The highest BCUT2D eigenvalue weighted by Crippen LogP contribution is 2.22. The molecule has 1 unspecified atom stereocenters. The second-order valence-electron chi connectivity index (χ2n) is 4.31. The lowest BCUT2D eigenvalue weighted by Crippen LogP contribution is -2.13. The number of nitrogens with two attached hydrogens (primary N) is 1. The lowest BCUT2D eigenvalue weighted by molar-refractivity contribution is 0.0697. The van der Waals surface area contributed by atoms with Crippen molar-refractivity contribution < 1.29 is 14.7 Å². The molecule has 0 aliphatic heterocycles. The molecule has 1 heterocycles. The van der Waals surface area contributed by atoms with Crippen molar-refractivity contribution in [2.75, 3.05) is 5.32 Å². The number of aromatic carboxylic acids is 1. The molecule has 0 bridgehead atoms. The molecule has 0 fully saturated rings. The number of carboxylic acids is 1. The second kappa shape index (κ2) is 6.21. The topological polar surface area (TPSA) is 105 Å². The molecular formula is C13H12ClN3O3S. The van der Waals surface area contributed by atoms with Gasteiger partial charge < -0.3 is 16.2 Å². The lowest BCUT2D eigenvalue weighted by atomic mass is 10.2.